The zero-order chi connectivity index (χ0) is 10.5. The summed E-state index contributed by atoms with van der Waals surface area (Å²) >= 11 is 0. The molecule has 1 unspecified atom stereocenters. The molecule has 1 fully saturated rings. The summed E-state index contributed by atoms with van der Waals surface area (Å²) in [6.45, 7) is 1.40. The maximum Gasteiger partial charge on any atom is 0.252 e. The number of carbonyl (C=O) groups excluding carboxylic acids is 1. The molecule has 4 nitrogen and oxygen atoms in total. The fourth-order valence-corrected chi connectivity index (χ4v) is 1.61. The van der Waals surface area contributed by atoms with Crippen LogP contribution in [0.1, 0.15) is 23.2 Å². The van der Waals surface area contributed by atoms with Gasteiger partial charge in [0, 0.05) is 25.5 Å². The van der Waals surface area contributed by atoms with Crippen molar-refractivity contribution in [3.8, 4) is 0 Å². The van der Waals surface area contributed by atoms with Gasteiger partial charge in [-0.1, -0.05) is 0 Å². The van der Waals surface area contributed by atoms with Gasteiger partial charge in [-0.2, -0.15) is 0 Å². The summed E-state index contributed by atoms with van der Waals surface area (Å²) in [5.41, 5.74) is 0.593. The van der Waals surface area contributed by atoms with Crippen LogP contribution in [-0.2, 0) is 4.74 Å². The lowest BCUT2D eigenvalue weighted by atomic mass is 10.2. The maximum atomic E-state index is 11.6. The molecule has 1 aliphatic heterocycles. The van der Waals surface area contributed by atoms with Crippen LogP contribution in [0.3, 0.4) is 0 Å². The highest BCUT2D eigenvalue weighted by atomic mass is 16.5. The van der Waals surface area contributed by atoms with E-state index in [2.05, 4.69) is 10.3 Å². The van der Waals surface area contributed by atoms with Gasteiger partial charge in [0.05, 0.1) is 11.7 Å². The van der Waals surface area contributed by atoms with Crippen LogP contribution in [-0.4, -0.2) is 30.1 Å². The molecule has 1 atom stereocenters. The summed E-state index contributed by atoms with van der Waals surface area (Å²) in [6, 6.07) is 3.50. The Balaban J connectivity index is 1.82. The van der Waals surface area contributed by atoms with E-state index in [4.69, 9.17) is 4.74 Å². The lowest BCUT2D eigenvalue weighted by molar-refractivity contribution is 0.0857. The number of pyridine rings is 1. The van der Waals surface area contributed by atoms with Gasteiger partial charge in [-0.3, -0.25) is 9.78 Å². The van der Waals surface area contributed by atoms with Crippen LogP contribution in [0.15, 0.2) is 24.5 Å². The van der Waals surface area contributed by atoms with Gasteiger partial charge in [-0.15, -0.1) is 0 Å². The van der Waals surface area contributed by atoms with E-state index in [-0.39, 0.29) is 12.0 Å². The first-order valence-corrected chi connectivity index (χ1v) is 5.16. The molecule has 0 spiro atoms. The van der Waals surface area contributed by atoms with Gasteiger partial charge in [0.15, 0.2) is 0 Å². The molecule has 0 radical (unpaired) electrons. The van der Waals surface area contributed by atoms with E-state index in [0.717, 1.165) is 19.4 Å². The van der Waals surface area contributed by atoms with Crippen LogP contribution >= 0.6 is 0 Å². The SMILES string of the molecule is O=C(NCC1CCCO1)c1cccnc1. The smallest absolute Gasteiger partial charge is 0.252 e. The molecule has 1 aromatic heterocycles. The molecule has 1 N–H and O–H groups in total. The minimum Gasteiger partial charge on any atom is -0.376 e. The van der Waals surface area contributed by atoms with Gasteiger partial charge in [-0.25, -0.2) is 0 Å². The van der Waals surface area contributed by atoms with Gasteiger partial charge in [0.1, 0.15) is 0 Å². The van der Waals surface area contributed by atoms with Crippen molar-refractivity contribution < 1.29 is 9.53 Å². The summed E-state index contributed by atoms with van der Waals surface area (Å²) in [5, 5.41) is 2.84. The second-order valence-corrected chi connectivity index (χ2v) is 3.59. The van der Waals surface area contributed by atoms with E-state index in [1.54, 1.807) is 24.5 Å². The van der Waals surface area contributed by atoms with E-state index in [1.807, 2.05) is 0 Å². The zero-order valence-corrected chi connectivity index (χ0v) is 8.48. The average Bonchev–Trinajstić information content (AvgIpc) is 2.80. The van der Waals surface area contributed by atoms with Crippen molar-refractivity contribution in [2.45, 2.75) is 18.9 Å². The molecule has 4 heteroatoms. The van der Waals surface area contributed by atoms with Crippen molar-refractivity contribution in [1.29, 1.82) is 0 Å². The molecule has 0 aliphatic carbocycles. The zero-order valence-electron chi connectivity index (χ0n) is 8.48. The van der Waals surface area contributed by atoms with E-state index < -0.39 is 0 Å². The van der Waals surface area contributed by atoms with Crippen molar-refractivity contribution >= 4 is 5.91 Å². The molecule has 1 amide bonds. The number of hydrogen-bond acceptors (Lipinski definition) is 3. The van der Waals surface area contributed by atoms with Crippen molar-refractivity contribution in [2.75, 3.05) is 13.2 Å². The predicted molar refractivity (Wildman–Crippen MR) is 55.5 cm³/mol. The van der Waals surface area contributed by atoms with Crippen molar-refractivity contribution in [3.63, 3.8) is 0 Å². The standard InChI is InChI=1S/C11H14N2O2/c14-11(9-3-1-5-12-7-9)13-8-10-4-2-6-15-10/h1,3,5,7,10H,2,4,6,8H2,(H,13,14). The van der Waals surface area contributed by atoms with Crippen LogP contribution in [0, 0.1) is 0 Å². The highest BCUT2D eigenvalue weighted by Gasteiger charge is 2.16. The molecular formula is C11H14N2O2. The Hall–Kier alpha value is -1.42. The number of ether oxygens (including phenoxy) is 1. The third-order valence-corrected chi connectivity index (χ3v) is 2.44. The largest absolute Gasteiger partial charge is 0.376 e. The second kappa shape index (κ2) is 4.89. The first-order valence-electron chi connectivity index (χ1n) is 5.16. The monoisotopic (exact) mass is 206 g/mol. The lowest BCUT2D eigenvalue weighted by Crippen LogP contribution is -2.31. The fraction of sp³-hybridized carbons (Fsp3) is 0.455. The third kappa shape index (κ3) is 2.76. The fourth-order valence-electron chi connectivity index (χ4n) is 1.61. The van der Waals surface area contributed by atoms with E-state index in [0.29, 0.717) is 12.1 Å². The maximum absolute atomic E-state index is 11.6. The molecule has 15 heavy (non-hydrogen) atoms. The predicted octanol–water partition coefficient (Wildman–Crippen LogP) is 0.990. The highest BCUT2D eigenvalue weighted by molar-refractivity contribution is 5.93. The second-order valence-electron chi connectivity index (χ2n) is 3.59. The number of amides is 1. The molecule has 1 aromatic rings. The number of nitrogens with zero attached hydrogens (tertiary/aromatic N) is 1. The Kier molecular flexibility index (Phi) is 3.29. The first kappa shape index (κ1) is 10.1. The summed E-state index contributed by atoms with van der Waals surface area (Å²) in [5.74, 6) is -0.0846. The van der Waals surface area contributed by atoms with Crippen LogP contribution in [0.5, 0.6) is 0 Å². The molecule has 1 saturated heterocycles. The molecule has 2 rings (SSSR count). The molecule has 1 aliphatic rings. The number of hydrogen-bond donors (Lipinski definition) is 1. The lowest BCUT2D eigenvalue weighted by Gasteiger charge is -2.10. The number of aromatic nitrogens is 1. The molecule has 0 bridgehead atoms. The summed E-state index contributed by atoms with van der Waals surface area (Å²) in [4.78, 5) is 15.5. The Bertz CT molecular complexity index is 321. The third-order valence-electron chi connectivity index (χ3n) is 2.44. The molecule has 0 aromatic carbocycles. The summed E-state index contributed by atoms with van der Waals surface area (Å²) in [7, 11) is 0. The van der Waals surface area contributed by atoms with Gasteiger partial charge < -0.3 is 10.1 Å². The van der Waals surface area contributed by atoms with Crippen molar-refractivity contribution in [3.05, 3.63) is 30.1 Å². The molecule has 2 heterocycles. The van der Waals surface area contributed by atoms with Gasteiger partial charge in [0.25, 0.3) is 5.91 Å². The number of rotatable bonds is 3. The quantitative estimate of drug-likeness (QED) is 0.802. The van der Waals surface area contributed by atoms with Gasteiger partial charge >= 0.3 is 0 Å². The first-order chi connectivity index (χ1) is 7.36. The van der Waals surface area contributed by atoms with Gasteiger partial charge in [0.2, 0.25) is 0 Å². The van der Waals surface area contributed by atoms with Crippen molar-refractivity contribution in [2.24, 2.45) is 0 Å². The van der Waals surface area contributed by atoms with Crippen molar-refractivity contribution in [1.82, 2.24) is 10.3 Å². The Morgan fingerprint density at radius 2 is 2.60 bits per heavy atom. The van der Waals surface area contributed by atoms with Gasteiger partial charge in [-0.05, 0) is 25.0 Å². The van der Waals surface area contributed by atoms with Crippen LogP contribution in [0.25, 0.3) is 0 Å². The molecule has 80 valence electrons. The highest BCUT2D eigenvalue weighted by Crippen LogP contribution is 2.10. The Labute approximate surface area is 88.7 Å². The Morgan fingerprint density at radius 3 is 3.27 bits per heavy atom. The number of carbonyl (C=O) groups is 1. The van der Waals surface area contributed by atoms with Crippen LogP contribution in [0.2, 0.25) is 0 Å². The minimum atomic E-state index is -0.0846. The van der Waals surface area contributed by atoms with E-state index in [1.165, 1.54) is 0 Å². The molecular weight excluding hydrogens is 192 g/mol. The molecule has 0 saturated carbocycles. The minimum absolute atomic E-state index is 0.0846. The van der Waals surface area contributed by atoms with E-state index >= 15 is 0 Å². The summed E-state index contributed by atoms with van der Waals surface area (Å²) < 4.78 is 5.41. The number of nitrogens with one attached hydrogen (secondary N) is 1. The Morgan fingerprint density at radius 1 is 1.67 bits per heavy atom. The van der Waals surface area contributed by atoms with Crippen LogP contribution in [0.4, 0.5) is 0 Å². The average molecular weight is 206 g/mol. The normalized spacial score (nSPS) is 20.1. The van der Waals surface area contributed by atoms with Crippen LogP contribution < -0.4 is 5.32 Å². The topological polar surface area (TPSA) is 51.2 Å². The summed E-state index contributed by atoms with van der Waals surface area (Å²) in [6.07, 6.45) is 5.52. The van der Waals surface area contributed by atoms with E-state index in [9.17, 15) is 4.79 Å².